The molecule has 0 spiro atoms. The summed E-state index contributed by atoms with van der Waals surface area (Å²) in [6.07, 6.45) is 1.30. The first-order valence-corrected chi connectivity index (χ1v) is 12.5. The molecule has 3 aromatic carbocycles. The largest absolute Gasteiger partial charge is 0.494 e. The van der Waals surface area contributed by atoms with Crippen LogP contribution >= 0.6 is 23.4 Å². The van der Waals surface area contributed by atoms with E-state index in [-0.39, 0.29) is 17.2 Å². The van der Waals surface area contributed by atoms with Gasteiger partial charge in [-0.3, -0.25) is 9.36 Å². The number of amides is 1. The molecule has 11 heteroatoms. The molecule has 0 aliphatic carbocycles. The maximum absolute atomic E-state index is 12.5. The fourth-order valence-electron chi connectivity index (χ4n) is 3.38. The van der Waals surface area contributed by atoms with Gasteiger partial charge in [-0.2, -0.15) is 5.10 Å². The Morgan fingerprint density at radius 1 is 1.08 bits per heavy atom. The number of benzene rings is 3. The quantitative estimate of drug-likeness (QED) is 0.168. The SMILES string of the molecule is CCOc1ccc(-n2c(SCC(=O)N/N=C\c3ccccc3C(=O)O)nnc2-c2ccc(Cl)cc2)cc1. The van der Waals surface area contributed by atoms with Gasteiger partial charge in [-0.15, -0.1) is 10.2 Å². The third-order valence-corrected chi connectivity index (χ3v) is 6.24. The molecule has 2 N–H and O–H groups in total. The highest BCUT2D eigenvalue weighted by atomic mass is 35.5. The van der Waals surface area contributed by atoms with E-state index in [0.717, 1.165) is 17.0 Å². The molecule has 1 heterocycles. The number of hydrogen-bond acceptors (Lipinski definition) is 7. The van der Waals surface area contributed by atoms with E-state index >= 15 is 0 Å². The maximum Gasteiger partial charge on any atom is 0.336 e. The molecule has 0 aliphatic rings. The smallest absolute Gasteiger partial charge is 0.336 e. The summed E-state index contributed by atoms with van der Waals surface area (Å²) in [7, 11) is 0. The molecule has 188 valence electrons. The van der Waals surface area contributed by atoms with E-state index in [0.29, 0.717) is 28.2 Å². The van der Waals surface area contributed by atoms with E-state index in [1.165, 1.54) is 24.0 Å². The fourth-order valence-corrected chi connectivity index (χ4v) is 4.25. The number of nitrogens with one attached hydrogen (secondary N) is 1. The molecule has 0 bridgehead atoms. The van der Waals surface area contributed by atoms with E-state index in [1.807, 2.05) is 47.9 Å². The van der Waals surface area contributed by atoms with Crippen LogP contribution < -0.4 is 10.2 Å². The molecule has 0 aliphatic heterocycles. The number of halogens is 1. The highest BCUT2D eigenvalue weighted by molar-refractivity contribution is 7.99. The summed E-state index contributed by atoms with van der Waals surface area (Å²) in [4.78, 5) is 23.8. The Hall–Kier alpha value is -4.15. The average Bonchev–Trinajstić information content (AvgIpc) is 3.32. The van der Waals surface area contributed by atoms with Crippen molar-refractivity contribution in [2.24, 2.45) is 5.10 Å². The number of carboxylic acid groups (broad SMARTS) is 1. The van der Waals surface area contributed by atoms with Crippen LogP contribution in [0.2, 0.25) is 5.02 Å². The third-order valence-electron chi connectivity index (χ3n) is 5.06. The Morgan fingerprint density at radius 2 is 1.81 bits per heavy atom. The highest BCUT2D eigenvalue weighted by Gasteiger charge is 2.17. The van der Waals surface area contributed by atoms with Gasteiger partial charge in [-0.1, -0.05) is 41.6 Å². The highest BCUT2D eigenvalue weighted by Crippen LogP contribution is 2.29. The van der Waals surface area contributed by atoms with Crippen LogP contribution in [0.5, 0.6) is 5.75 Å². The second kappa shape index (κ2) is 12.2. The zero-order chi connectivity index (χ0) is 26.2. The van der Waals surface area contributed by atoms with Gasteiger partial charge in [0.2, 0.25) is 0 Å². The van der Waals surface area contributed by atoms with Gasteiger partial charge in [0.1, 0.15) is 5.75 Å². The lowest BCUT2D eigenvalue weighted by atomic mass is 10.1. The van der Waals surface area contributed by atoms with E-state index in [2.05, 4.69) is 20.7 Å². The second-order valence-corrected chi connectivity index (χ2v) is 8.93. The zero-order valence-corrected chi connectivity index (χ0v) is 21.2. The lowest BCUT2D eigenvalue weighted by Crippen LogP contribution is -2.20. The molecule has 1 amide bonds. The molecule has 0 saturated heterocycles. The van der Waals surface area contributed by atoms with Crippen molar-refractivity contribution in [2.45, 2.75) is 12.1 Å². The van der Waals surface area contributed by atoms with Gasteiger partial charge in [0.05, 0.1) is 24.1 Å². The normalized spacial score (nSPS) is 11.0. The number of hydrazone groups is 1. The lowest BCUT2D eigenvalue weighted by Gasteiger charge is -2.11. The van der Waals surface area contributed by atoms with Crippen molar-refractivity contribution in [1.29, 1.82) is 0 Å². The first kappa shape index (κ1) is 25.9. The Morgan fingerprint density at radius 3 is 2.51 bits per heavy atom. The minimum absolute atomic E-state index is 0.00764. The second-order valence-electron chi connectivity index (χ2n) is 7.55. The summed E-state index contributed by atoms with van der Waals surface area (Å²) in [5, 5.41) is 22.9. The predicted octanol–water partition coefficient (Wildman–Crippen LogP) is 4.93. The Kier molecular flexibility index (Phi) is 8.55. The van der Waals surface area contributed by atoms with Crippen molar-refractivity contribution in [3.63, 3.8) is 0 Å². The number of carbonyl (C=O) groups is 2. The van der Waals surface area contributed by atoms with Crippen molar-refractivity contribution in [1.82, 2.24) is 20.2 Å². The number of aromatic nitrogens is 3. The summed E-state index contributed by atoms with van der Waals surface area (Å²) in [5.74, 6) is -0.124. The van der Waals surface area contributed by atoms with E-state index in [9.17, 15) is 14.7 Å². The molecular weight excluding hydrogens is 514 g/mol. The minimum atomic E-state index is -1.07. The average molecular weight is 536 g/mol. The Labute approximate surface area is 222 Å². The molecule has 4 rings (SSSR count). The number of thioether (sulfide) groups is 1. The summed E-state index contributed by atoms with van der Waals surface area (Å²) >= 11 is 7.24. The summed E-state index contributed by atoms with van der Waals surface area (Å²) < 4.78 is 7.40. The Balaban J connectivity index is 1.52. The van der Waals surface area contributed by atoms with Crippen LogP contribution in [0, 0.1) is 0 Å². The van der Waals surface area contributed by atoms with E-state index < -0.39 is 5.97 Å². The molecule has 4 aromatic rings. The fraction of sp³-hybridized carbons (Fsp3) is 0.115. The van der Waals surface area contributed by atoms with Crippen molar-refractivity contribution in [3.05, 3.63) is 88.9 Å². The first-order chi connectivity index (χ1) is 18.0. The molecule has 37 heavy (non-hydrogen) atoms. The number of carboxylic acids is 1. The maximum atomic E-state index is 12.5. The van der Waals surface area contributed by atoms with Crippen molar-refractivity contribution >= 4 is 41.5 Å². The van der Waals surface area contributed by atoms with Gasteiger partial charge >= 0.3 is 5.97 Å². The monoisotopic (exact) mass is 535 g/mol. The van der Waals surface area contributed by atoms with E-state index in [1.54, 1.807) is 30.3 Å². The summed E-state index contributed by atoms with van der Waals surface area (Å²) in [5.41, 5.74) is 4.50. The predicted molar refractivity (Wildman–Crippen MR) is 143 cm³/mol. The molecule has 0 unspecified atom stereocenters. The minimum Gasteiger partial charge on any atom is -0.494 e. The third kappa shape index (κ3) is 6.54. The topological polar surface area (TPSA) is 119 Å². The van der Waals surface area contributed by atoms with Crippen molar-refractivity contribution in [3.8, 4) is 22.8 Å². The lowest BCUT2D eigenvalue weighted by molar-refractivity contribution is -0.118. The Bertz CT molecular complexity index is 1420. The van der Waals surface area contributed by atoms with E-state index in [4.69, 9.17) is 16.3 Å². The van der Waals surface area contributed by atoms with Gasteiger partial charge in [0.25, 0.3) is 5.91 Å². The molecular formula is C26H22ClN5O4S. The van der Waals surface area contributed by atoms with Gasteiger partial charge < -0.3 is 9.84 Å². The molecule has 0 radical (unpaired) electrons. The van der Waals surface area contributed by atoms with Gasteiger partial charge in [-0.25, -0.2) is 10.2 Å². The number of carbonyl (C=O) groups excluding carboxylic acids is 1. The van der Waals surface area contributed by atoms with Gasteiger partial charge in [-0.05, 0) is 61.5 Å². The van der Waals surface area contributed by atoms with Gasteiger partial charge in [0, 0.05) is 21.8 Å². The standard InChI is InChI=1S/C26H22ClN5O4S/c1-2-36-21-13-11-20(12-14-21)32-24(17-7-9-19(27)10-8-17)30-31-26(32)37-16-23(33)29-28-15-18-5-3-4-6-22(18)25(34)35/h3-15H,2,16H2,1H3,(H,29,33)(H,34,35)/b28-15-. The van der Waals surface area contributed by atoms with Crippen LogP contribution in [0.1, 0.15) is 22.8 Å². The van der Waals surface area contributed by atoms with Crippen molar-refractivity contribution in [2.75, 3.05) is 12.4 Å². The van der Waals surface area contributed by atoms with Crippen molar-refractivity contribution < 1.29 is 19.4 Å². The first-order valence-electron chi connectivity index (χ1n) is 11.2. The molecule has 0 fully saturated rings. The number of hydrogen-bond donors (Lipinski definition) is 2. The zero-order valence-electron chi connectivity index (χ0n) is 19.7. The van der Waals surface area contributed by atoms with Gasteiger partial charge in [0.15, 0.2) is 11.0 Å². The molecule has 1 aromatic heterocycles. The van der Waals surface area contributed by atoms with Crippen LogP contribution in [0.3, 0.4) is 0 Å². The van der Waals surface area contributed by atoms with Crippen LogP contribution in [0.4, 0.5) is 0 Å². The van der Waals surface area contributed by atoms with Crippen LogP contribution in [0.25, 0.3) is 17.1 Å². The summed E-state index contributed by atoms with van der Waals surface area (Å²) in [6, 6.07) is 21.1. The number of aromatic carboxylic acids is 1. The molecule has 9 nitrogen and oxygen atoms in total. The number of nitrogens with zero attached hydrogens (tertiary/aromatic N) is 4. The number of ether oxygens (including phenoxy) is 1. The molecule has 0 atom stereocenters. The number of rotatable bonds is 10. The van der Waals surface area contributed by atoms with Crippen LogP contribution in [-0.4, -0.2) is 50.3 Å². The van der Waals surface area contributed by atoms with Crippen LogP contribution in [-0.2, 0) is 4.79 Å². The van der Waals surface area contributed by atoms with Crippen LogP contribution in [0.15, 0.2) is 83.1 Å². The molecule has 0 saturated carbocycles. The summed E-state index contributed by atoms with van der Waals surface area (Å²) in [6.45, 7) is 2.48.